The van der Waals surface area contributed by atoms with Crippen molar-refractivity contribution in [3.8, 4) is 0 Å². The van der Waals surface area contributed by atoms with Crippen LogP contribution in [0.3, 0.4) is 0 Å². The molecule has 166 valence electrons. The van der Waals surface area contributed by atoms with Crippen molar-refractivity contribution in [3.63, 3.8) is 0 Å². The molecule has 2 N–H and O–H groups in total. The minimum Gasteiger partial charge on any atom is -0.387 e. The van der Waals surface area contributed by atoms with Crippen molar-refractivity contribution >= 4 is 21.6 Å². The van der Waals surface area contributed by atoms with Gasteiger partial charge in [0.1, 0.15) is 10.7 Å². The van der Waals surface area contributed by atoms with E-state index < -0.39 is 6.10 Å². The molecule has 7 heteroatoms. The molecule has 2 heterocycles. The third-order valence-corrected chi connectivity index (χ3v) is 7.17. The average molecular weight is 442 g/mol. The van der Waals surface area contributed by atoms with Gasteiger partial charge in [-0.15, -0.1) is 11.3 Å². The van der Waals surface area contributed by atoms with Gasteiger partial charge in [0.05, 0.1) is 18.0 Å². The number of H-pyrrole nitrogens is 1. The molecule has 1 aliphatic carbocycles. The van der Waals surface area contributed by atoms with Crippen LogP contribution in [-0.2, 0) is 24.1 Å². The highest BCUT2D eigenvalue weighted by molar-refractivity contribution is 7.18. The third-order valence-electron chi connectivity index (χ3n) is 6.03. The van der Waals surface area contributed by atoms with Gasteiger partial charge in [-0.05, 0) is 42.7 Å². The fraction of sp³-hybridized carbons (Fsp3) is 0.500. The summed E-state index contributed by atoms with van der Waals surface area (Å²) in [7, 11) is 1.69. The number of ether oxygens (including phenoxy) is 1. The number of aliphatic hydroxyl groups is 1. The zero-order chi connectivity index (χ0) is 21.8. The van der Waals surface area contributed by atoms with Gasteiger partial charge in [-0.2, -0.15) is 0 Å². The van der Waals surface area contributed by atoms with E-state index >= 15 is 0 Å². The Morgan fingerprint density at radius 2 is 2.16 bits per heavy atom. The van der Waals surface area contributed by atoms with Gasteiger partial charge >= 0.3 is 0 Å². The summed E-state index contributed by atoms with van der Waals surface area (Å²) in [5, 5.41) is 11.5. The lowest BCUT2D eigenvalue weighted by Crippen LogP contribution is -2.31. The Hall–Kier alpha value is -2.06. The molecular weight excluding hydrogens is 410 g/mol. The Kier molecular flexibility index (Phi) is 7.17. The van der Waals surface area contributed by atoms with Crippen molar-refractivity contribution in [3.05, 3.63) is 62.5 Å². The molecule has 4 rings (SSSR count). The lowest BCUT2D eigenvalue weighted by molar-refractivity contribution is 0.0981. The van der Waals surface area contributed by atoms with Crippen molar-refractivity contribution in [2.24, 2.45) is 5.92 Å². The van der Waals surface area contributed by atoms with Gasteiger partial charge < -0.3 is 14.8 Å². The van der Waals surface area contributed by atoms with E-state index in [1.54, 1.807) is 18.4 Å². The molecule has 0 fully saturated rings. The SMILES string of the molecule is COCCCN(Cc1nc2sc3c(c2c(=O)[nH]1)CC[C@@H](C)C3)C[C@H](O)c1ccccc1. The number of aliphatic hydroxyl groups excluding tert-OH is 1. The largest absolute Gasteiger partial charge is 0.387 e. The highest BCUT2D eigenvalue weighted by atomic mass is 32.1. The fourth-order valence-electron chi connectivity index (χ4n) is 4.37. The number of nitrogens with zero attached hydrogens (tertiary/aromatic N) is 2. The summed E-state index contributed by atoms with van der Waals surface area (Å²) < 4.78 is 5.20. The summed E-state index contributed by atoms with van der Waals surface area (Å²) in [5.41, 5.74) is 2.05. The van der Waals surface area contributed by atoms with E-state index in [1.807, 2.05) is 30.3 Å². The van der Waals surface area contributed by atoms with Gasteiger partial charge in [0, 0.05) is 31.7 Å². The Morgan fingerprint density at radius 1 is 1.35 bits per heavy atom. The first kappa shape index (κ1) is 22.1. The monoisotopic (exact) mass is 441 g/mol. The maximum absolute atomic E-state index is 12.9. The molecule has 0 amide bonds. The number of hydrogen-bond donors (Lipinski definition) is 2. The molecule has 0 aliphatic heterocycles. The highest BCUT2D eigenvalue weighted by Gasteiger charge is 2.23. The molecule has 1 aliphatic rings. The summed E-state index contributed by atoms with van der Waals surface area (Å²) in [4.78, 5) is 25.1. The van der Waals surface area contributed by atoms with E-state index in [-0.39, 0.29) is 5.56 Å². The number of thiophene rings is 1. The van der Waals surface area contributed by atoms with Crippen molar-refractivity contribution in [1.29, 1.82) is 0 Å². The Morgan fingerprint density at radius 3 is 2.94 bits per heavy atom. The first-order valence-electron chi connectivity index (χ1n) is 11.0. The van der Waals surface area contributed by atoms with Crippen molar-refractivity contribution in [2.45, 2.75) is 45.3 Å². The zero-order valence-electron chi connectivity index (χ0n) is 18.3. The molecule has 0 unspecified atom stereocenters. The zero-order valence-corrected chi connectivity index (χ0v) is 19.1. The van der Waals surface area contributed by atoms with Crippen LogP contribution in [0.4, 0.5) is 0 Å². The minimum absolute atomic E-state index is 0.0347. The van der Waals surface area contributed by atoms with Crippen LogP contribution >= 0.6 is 11.3 Å². The normalized spacial score (nSPS) is 17.2. The summed E-state index contributed by atoms with van der Waals surface area (Å²) in [5.74, 6) is 1.32. The smallest absolute Gasteiger partial charge is 0.259 e. The number of fused-ring (bicyclic) bond motifs is 3. The molecule has 1 aromatic carbocycles. The average Bonchev–Trinajstić information content (AvgIpc) is 3.12. The summed E-state index contributed by atoms with van der Waals surface area (Å²) in [6.45, 7) is 4.62. The van der Waals surface area contributed by atoms with Gasteiger partial charge in [-0.3, -0.25) is 9.69 Å². The van der Waals surface area contributed by atoms with E-state index in [0.29, 0.717) is 31.4 Å². The van der Waals surface area contributed by atoms with E-state index in [0.717, 1.165) is 48.0 Å². The minimum atomic E-state index is -0.602. The van der Waals surface area contributed by atoms with Crippen molar-refractivity contribution in [1.82, 2.24) is 14.9 Å². The maximum Gasteiger partial charge on any atom is 0.259 e. The lowest BCUT2D eigenvalue weighted by Gasteiger charge is -2.24. The maximum atomic E-state index is 12.9. The van der Waals surface area contributed by atoms with Gasteiger partial charge in [-0.1, -0.05) is 37.3 Å². The number of benzene rings is 1. The van der Waals surface area contributed by atoms with Crippen LogP contribution in [0.1, 0.15) is 47.7 Å². The third kappa shape index (κ3) is 5.23. The molecule has 0 bridgehead atoms. The molecule has 2 atom stereocenters. The Bertz CT molecular complexity index is 1060. The molecule has 3 aromatic rings. The molecule has 31 heavy (non-hydrogen) atoms. The topological polar surface area (TPSA) is 78.5 Å². The molecule has 6 nitrogen and oxygen atoms in total. The standard InChI is InChI=1S/C24H31N3O3S/c1-16-9-10-18-20(13-16)31-24-22(18)23(29)25-21(26-24)15-27(11-6-12-30-2)14-19(28)17-7-4-3-5-8-17/h3-5,7-8,16,19,28H,6,9-15H2,1-2H3,(H,25,26,29)/t16-,19+/m1/s1. The van der Waals surface area contributed by atoms with Gasteiger partial charge in [-0.25, -0.2) is 4.98 Å². The summed E-state index contributed by atoms with van der Waals surface area (Å²) >= 11 is 1.67. The fourth-order valence-corrected chi connectivity index (χ4v) is 5.77. The van der Waals surface area contributed by atoms with E-state index in [1.165, 1.54) is 10.4 Å². The second kappa shape index (κ2) is 10.0. The number of aromatic nitrogens is 2. The van der Waals surface area contributed by atoms with Crippen molar-refractivity contribution < 1.29 is 9.84 Å². The van der Waals surface area contributed by atoms with Crippen LogP contribution in [-0.4, -0.2) is 46.8 Å². The Balaban J connectivity index is 1.56. The number of rotatable bonds is 9. The second-order valence-corrected chi connectivity index (χ2v) is 9.64. The number of hydrogen-bond acceptors (Lipinski definition) is 6. The van der Waals surface area contributed by atoms with Crippen LogP contribution < -0.4 is 5.56 Å². The van der Waals surface area contributed by atoms with E-state index in [9.17, 15) is 9.90 Å². The van der Waals surface area contributed by atoms with Gasteiger partial charge in [0.25, 0.3) is 5.56 Å². The molecule has 0 spiro atoms. The van der Waals surface area contributed by atoms with E-state index in [2.05, 4.69) is 16.8 Å². The number of methoxy groups -OCH3 is 1. The molecule has 0 saturated carbocycles. The molecular formula is C24H31N3O3S. The molecule has 0 saturated heterocycles. The van der Waals surface area contributed by atoms with Crippen molar-refractivity contribution in [2.75, 3.05) is 26.8 Å². The van der Waals surface area contributed by atoms with E-state index in [4.69, 9.17) is 9.72 Å². The van der Waals surface area contributed by atoms with Gasteiger partial charge in [0.15, 0.2) is 0 Å². The number of aryl methyl sites for hydroxylation is 1. The Labute approximate surface area is 186 Å². The summed E-state index contributed by atoms with van der Waals surface area (Å²) in [6.07, 6.45) is 3.37. The van der Waals surface area contributed by atoms with Gasteiger partial charge in [0.2, 0.25) is 0 Å². The first-order chi connectivity index (χ1) is 15.0. The van der Waals surface area contributed by atoms with Crippen LogP contribution in [0.5, 0.6) is 0 Å². The first-order valence-corrected chi connectivity index (χ1v) is 11.8. The predicted octanol–water partition coefficient (Wildman–Crippen LogP) is 3.68. The lowest BCUT2D eigenvalue weighted by atomic mass is 9.89. The molecule has 0 radical (unpaired) electrons. The molecule has 2 aromatic heterocycles. The predicted molar refractivity (Wildman–Crippen MR) is 125 cm³/mol. The highest BCUT2D eigenvalue weighted by Crippen LogP contribution is 2.35. The van der Waals surface area contributed by atoms with Crippen LogP contribution in [0, 0.1) is 5.92 Å². The summed E-state index contributed by atoms with van der Waals surface area (Å²) in [6, 6.07) is 9.67. The van der Waals surface area contributed by atoms with Crippen LogP contribution in [0.2, 0.25) is 0 Å². The number of nitrogens with one attached hydrogen (secondary N) is 1. The quantitative estimate of drug-likeness (QED) is 0.495. The van der Waals surface area contributed by atoms with Crippen LogP contribution in [0.15, 0.2) is 35.1 Å². The van der Waals surface area contributed by atoms with Crippen LogP contribution in [0.25, 0.3) is 10.2 Å². The number of aromatic amines is 1. The second-order valence-electron chi connectivity index (χ2n) is 8.55.